The lowest BCUT2D eigenvalue weighted by atomic mass is 10.3. The lowest BCUT2D eigenvalue weighted by Crippen LogP contribution is -2.50. The fourth-order valence-corrected chi connectivity index (χ4v) is 1.89. The van der Waals surface area contributed by atoms with Gasteiger partial charge < -0.3 is 20.3 Å². The van der Waals surface area contributed by atoms with E-state index in [1.54, 1.807) is 36.3 Å². The maximum absolute atomic E-state index is 11.9. The van der Waals surface area contributed by atoms with Crippen LogP contribution < -0.4 is 15.4 Å². The molecule has 6 nitrogen and oxygen atoms in total. The van der Waals surface area contributed by atoms with E-state index in [9.17, 15) is 9.59 Å². The highest BCUT2D eigenvalue weighted by Crippen LogP contribution is 2.16. The molecule has 0 aliphatic carbocycles. The van der Waals surface area contributed by atoms with Gasteiger partial charge in [-0.25, -0.2) is 0 Å². The first-order valence-corrected chi connectivity index (χ1v) is 6.11. The van der Waals surface area contributed by atoms with Crippen LogP contribution in [0, 0.1) is 0 Å². The Bertz CT molecular complexity index is 482. The summed E-state index contributed by atoms with van der Waals surface area (Å²) >= 11 is 0. The molecule has 0 radical (unpaired) electrons. The Hall–Kier alpha value is -1.79. The summed E-state index contributed by atoms with van der Waals surface area (Å²) in [6, 6.07) is 7.11. The molecule has 1 saturated heterocycles. The van der Waals surface area contributed by atoms with Gasteiger partial charge in [0.15, 0.2) is 0 Å². The molecule has 1 fully saturated rings. The summed E-state index contributed by atoms with van der Waals surface area (Å²) in [5.74, 6) is 0.423. The average molecular weight is 300 g/mol. The molecule has 0 unspecified atom stereocenters. The van der Waals surface area contributed by atoms with Crippen molar-refractivity contribution in [2.45, 2.75) is 0 Å². The van der Waals surface area contributed by atoms with Gasteiger partial charge in [-0.15, -0.1) is 12.4 Å². The van der Waals surface area contributed by atoms with E-state index in [0.29, 0.717) is 24.5 Å². The number of rotatable bonds is 4. The summed E-state index contributed by atoms with van der Waals surface area (Å²) in [6.07, 6.45) is 0. The Morgan fingerprint density at radius 2 is 2.30 bits per heavy atom. The molecule has 0 aromatic heterocycles. The maximum atomic E-state index is 11.9. The first-order valence-electron chi connectivity index (χ1n) is 6.11. The third kappa shape index (κ3) is 4.40. The number of hydrogen-bond donors (Lipinski definition) is 2. The summed E-state index contributed by atoms with van der Waals surface area (Å²) in [5, 5.41) is 5.71. The highest BCUT2D eigenvalue weighted by Gasteiger charge is 2.19. The Morgan fingerprint density at radius 1 is 1.50 bits per heavy atom. The van der Waals surface area contributed by atoms with Gasteiger partial charge in [0.25, 0.3) is 0 Å². The molecule has 2 rings (SSSR count). The topological polar surface area (TPSA) is 70.7 Å². The molecule has 1 aromatic rings. The fourth-order valence-electron chi connectivity index (χ4n) is 1.89. The summed E-state index contributed by atoms with van der Waals surface area (Å²) < 4.78 is 5.08. The lowest BCUT2D eigenvalue weighted by Gasteiger charge is -2.26. The molecule has 1 aliphatic heterocycles. The molecule has 20 heavy (non-hydrogen) atoms. The van der Waals surface area contributed by atoms with E-state index in [1.165, 1.54) is 0 Å². The summed E-state index contributed by atoms with van der Waals surface area (Å²) in [6.45, 7) is 1.66. The fraction of sp³-hybridized carbons (Fsp3) is 0.385. The third-order valence-electron chi connectivity index (χ3n) is 2.88. The van der Waals surface area contributed by atoms with Crippen molar-refractivity contribution in [3.63, 3.8) is 0 Å². The smallest absolute Gasteiger partial charge is 0.243 e. The van der Waals surface area contributed by atoms with Crippen LogP contribution in [-0.4, -0.2) is 50.0 Å². The van der Waals surface area contributed by atoms with Crippen LogP contribution in [0.15, 0.2) is 24.3 Å². The predicted molar refractivity (Wildman–Crippen MR) is 78.3 cm³/mol. The molecular weight excluding hydrogens is 282 g/mol. The van der Waals surface area contributed by atoms with Crippen molar-refractivity contribution in [2.24, 2.45) is 0 Å². The van der Waals surface area contributed by atoms with Gasteiger partial charge in [0.2, 0.25) is 11.8 Å². The van der Waals surface area contributed by atoms with Crippen LogP contribution in [0.5, 0.6) is 5.75 Å². The van der Waals surface area contributed by atoms with Crippen LogP contribution >= 0.6 is 12.4 Å². The quantitative estimate of drug-likeness (QED) is 0.849. The first-order chi connectivity index (χ1) is 9.19. The van der Waals surface area contributed by atoms with E-state index in [-0.39, 0.29) is 30.8 Å². The second-order valence-electron chi connectivity index (χ2n) is 4.27. The molecule has 2 N–H and O–H groups in total. The van der Waals surface area contributed by atoms with E-state index >= 15 is 0 Å². The number of amides is 2. The number of methoxy groups -OCH3 is 1. The number of ether oxygens (including phenoxy) is 1. The van der Waals surface area contributed by atoms with Gasteiger partial charge in [-0.2, -0.15) is 0 Å². The largest absolute Gasteiger partial charge is 0.497 e. The zero-order valence-corrected chi connectivity index (χ0v) is 12.0. The van der Waals surface area contributed by atoms with Gasteiger partial charge >= 0.3 is 0 Å². The number of carbonyl (C=O) groups excluding carboxylic acids is 2. The molecule has 1 heterocycles. The van der Waals surface area contributed by atoms with Crippen molar-refractivity contribution in [3.8, 4) is 5.75 Å². The zero-order valence-electron chi connectivity index (χ0n) is 11.2. The SMILES string of the molecule is COc1cccc(NC(=O)CN2CCNCC2=O)c1.Cl. The van der Waals surface area contributed by atoms with Crippen molar-refractivity contribution < 1.29 is 14.3 Å². The van der Waals surface area contributed by atoms with Crippen LogP contribution in [-0.2, 0) is 9.59 Å². The Labute approximate surface area is 123 Å². The van der Waals surface area contributed by atoms with E-state index < -0.39 is 0 Å². The highest BCUT2D eigenvalue weighted by molar-refractivity contribution is 5.95. The van der Waals surface area contributed by atoms with Gasteiger partial charge in [-0.1, -0.05) is 6.07 Å². The molecule has 2 amide bonds. The predicted octanol–water partition coefficient (Wildman–Crippen LogP) is 0.487. The highest BCUT2D eigenvalue weighted by atomic mass is 35.5. The van der Waals surface area contributed by atoms with Gasteiger partial charge in [0.05, 0.1) is 20.2 Å². The minimum Gasteiger partial charge on any atom is -0.497 e. The molecule has 1 aromatic carbocycles. The molecule has 0 spiro atoms. The van der Waals surface area contributed by atoms with Gasteiger partial charge in [0, 0.05) is 24.8 Å². The molecule has 0 bridgehead atoms. The standard InChI is InChI=1S/C13H17N3O3.ClH/c1-19-11-4-2-3-10(7-11)15-12(17)9-16-6-5-14-8-13(16)18;/h2-4,7,14H,5-6,8-9H2,1H3,(H,15,17);1H. The van der Waals surface area contributed by atoms with Crippen molar-refractivity contribution in [3.05, 3.63) is 24.3 Å². The Kier molecular flexibility index (Phi) is 6.27. The molecule has 1 aliphatic rings. The summed E-state index contributed by atoms with van der Waals surface area (Å²) in [7, 11) is 1.57. The molecule has 0 saturated carbocycles. The average Bonchev–Trinajstić information content (AvgIpc) is 2.41. The first kappa shape index (κ1) is 16.3. The number of piperazine rings is 1. The van der Waals surface area contributed by atoms with Crippen LogP contribution in [0.3, 0.4) is 0 Å². The van der Waals surface area contributed by atoms with Crippen LogP contribution in [0.25, 0.3) is 0 Å². The number of anilines is 1. The van der Waals surface area contributed by atoms with E-state index in [2.05, 4.69) is 10.6 Å². The van der Waals surface area contributed by atoms with Gasteiger partial charge in [-0.3, -0.25) is 9.59 Å². The molecule has 7 heteroatoms. The van der Waals surface area contributed by atoms with Crippen molar-refractivity contribution >= 4 is 29.9 Å². The summed E-state index contributed by atoms with van der Waals surface area (Å²) in [4.78, 5) is 25.0. The Balaban J connectivity index is 0.00000200. The molecule has 110 valence electrons. The van der Waals surface area contributed by atoms with Gasteiger partial charge in [0.1, 0.15) is 5.75 Å². The number of benzene rings is 1. The Morgan fingerprint density at radius 3 is 3.00 bits per heavy atom. The number of hydrogen-bond acceptors (Lipinski definition) is 4. The van der Waals surface area contributed by atoms with E-state index in [1.807, 2.05) is 0 Å². The second-order valence-corrected chi connectivity index (χ2v) is 4.27. The normalized spacial score (nSPS) is 14.4. The van der Waals surface area contributed by atoms with Crippen molar-refractivity contribution in [1.82, 2.24) is 10.2 Å². The van der Waals surface area contributed by atoms with Crippen LogP contribution in [0.1, 0.15) is 0 Å². The number of nitrogens with zero attached hydrogens (tertiary/aromatic N) is 1. The van der Waals surface area contributed by atoms with E-state index in [0.717, 1.165) is 6.54 Å². The van der Waals surface area contributed by atoms with Crippen molar-refractivity contribution in [2.75, 3.05) is 38.6 Å². The maximum Gasteiger partial charge on any atom is 0.243 e. The van der Waals surface area contributed by atoms with Crippen molar-refractivity contribution in [1.29, 1.82) is 0 Å². The third-order valence-corrected chi connectivity index (χ3v) is 2.88. The zero-order chi connectivity index (χ0) is 13.7. The monoisotopic (exact) mass is 299 g/mol. The number of carbonyl (C=O) groups is 2. The molecular formula is C13H18ClN3O3. The minimum atomic E-state index is -0.205. The van der Waals surface area contributed by atoms with Gasteiger partial charge in [-0.05, 0) is 12.1 Å². The minimum absolute atomic E-state index is 0. The lowest BCUT2D eigenvalue weighted by molar-refractivity contribution is -0.135. The van der Waals surface area contributed by atoms with E-state index in [4.69, 9.17) is 4.74 Å². The molecule has 0 atom stereocenters. The summed E-state index contributed by atoms with van der Waals surface area (Å²) in [5.41, 5.74) is 0.659. The second kappa shape index (κ2) is 7.72. The number of halogens is 1. The van der Waals surface area contributed by atoms with Crippen LogP contribution in [0.2, 0.25) is 0 Å². The van der Waals surface area contributed by atoms with Crippen LogP contribution in [0.4, 0.5) is 5.69 Å². The number of nitrogens with one attached hydrogen (secondary N) is 2.